The number of aromatic nitrogens is 4. The summed E-state index contributed by atoms with van der Waals surface area (Å²) < 4.78 is 13.4. The van der Waals surface area contributed by atoms with Gasteiger partial charge in [0.25, 0.3) is 0 Å². The molecule has 2 N–H and O–H groups in total. The van der Waals surface area contributed by atoms with Gasteiger partial charge in [0, 0.05) is 12.1 Å². The van der Waals surface area contributed by atoms with Gasteiger partial charge in [-0.2, -0.15) is 5.10 Å². The van der Waals surface area contributed by atoms with E-state index < -0.39 is 5.60 Å². The molecule has 4 aromatic rings. The molecule has 0 bridgehead atoms. The Bertz CT molecular complexity index is 1360. The summed E-state index contributed by atoms with van der Waals surface area (Å²) in [5.74, 6) is 1.85. The number of nitrogen functional groups attached to an aromatic ring is 1. The van der Waals surface area contributed by atoms with Gasteiger partial charge in [-0.1, -0.05) is 18.2 Å². The topological polar surface area (TPSA) is 108 Å². The van der Waals surface area contributed by atoms with E-state index in [1.807, 2.05) is 80.1 Å². The molecule has 2 aromatic heterocycles. The number of carbonyl (C=O) groups excluding carboxylic acids is 1. The average molecular weight is 487 g/mol. The van der Waals surface area contributed by atoms with Crippen molar-refractivity contribution >= 4 is 22.9 Å². The minimum atomic E-state index is -0.548. The number of nitrogens with two attached hydrogens (primary N) is 1. The number of fused-ring (bicyclic) bond motifs is 1. The number of amides is 1. The lowest BCUT2D eigenvalue weighted by atomic mass is 10.1. The van der Waals surface area contributed by atoms with E-state index in [-0.39, 0.29) is 12.1 Å². The molecule has 1 saturated heterocycles. The van der Waals surface area contributed by atoms with Gasteiger partial charge >= 0.3 is 6.09 Å². The Morgan fingerprint density at radius 1 is 1.06 bits per heavy atom. The number of nitrogens with zero attached hydrogens (tertiary/aromatic N) is 5. The van der Waals surface area contributed by atoms with Crippen LogP contribution in [0.25, 0.3) is 22.3 Å². The number of benzene rings is 2. The number of likely N-dealkylation sites (tertiary alicyclic amines) is 1. The summed E-state index contributed by atoms with van der Waals surface area (Å²) in [5.41, 5.74) is 7.93. The molecule has 2 aromatic carbocycles. The van der Waals surface area contributed by atoms with Crippen LogP contribution in [0.4, 0.5) is 10.6 Å². The number of ether oxygens (including phenoxy) is 2. The number of rotatable bonds is 5. The van der Waals surface area contributed by atoms with Crippen molar-refractivity contribution in [2.24, 2.45) is 0 Å². The second-order valence-corrected chi connectivity index (χ2v) is 9.90. The van der Waals surface area contributed by atoms with Gasteiger partial charge in [-0.25, -0.2) is 19.4 Å². The van der Waals surface area contributed by atoms with Crippen LogP contribution in [-0.4, -0.2) is 48.9 Å². The summed E-state index contributed by atoms with van der Waals surface area (Å²) in [6, 6.07) is 17.3. The summed E-state index contributed by atoms with van der Waals surface area (Å²) >= 11 is 0. The minimum absolute atomic E-state index is 0.0476. The first kappa shape index (κ1) is 23.6. The van der Waals surface area contributed by atoms with Gasteiger partial charge in [-0.3, -0.25) is 0 Å². The molecule has 5 rings (SSSR count). The number of hydrogen-bond donors (Lipinski definition) is 1. The lowest BCUT2D eigenvalue weighted by Crippen LogP contribution is -2.41. The van der Waals surface area contributed by atoms with Crippen LogP contribution in [0, 0.1) is 0 Å². The maximum atomic E-state index is 12.8. The summed E-state index contributed by atoms with van der Waals surface area (Å²) in [5, 5.41) is 5.57. The Morgan fingerprint density at radius 2 is 1.78 bits per heavy atom. The summed E-state index contributed by atoms with van der Waals surface area (Å²) in [4.78, 5) is 23.3. The normalized spacial score (nSPS) is 15.9. The second-order valence-electron chi connectivity index (χ2n) is 9.90. The maximum Gasteiger partial charge on any atom is 0.410 e. The van der Waals surface area contributed by atoms with E-state index in [9.17, 15) is 4.79 Å². The largest absolute Gasteiger partial charge is 0.457 e. The minimum Gasteiger partial charge on any atom is -0.457 e. The van der Waals surface area contributed by atoms with Crippen molar-refractivity contribution in [1.82, 2.24) is 24.6 Å². The molecule has 0 unspecified atom stereocenters. The molecule has 9 nitrogen and oxygen atoms in total. The molecule has 0 radical (unpaired) electrons. The third-order valence-corrected chi connectivity index (χ3v) is 6.05. The molecular weight excluding hydrogens is 456 g/mol. The molecule has 9 heteroatoms. The van der Waals surface area contributed by atoms with Crippen molar-refractivity contribution in [1.29, 1.82) is 0 Å². The fourth-order valence-corrected chi connectivity index (χ4v) is 4.45. The van der Waals surface area contributed by atoms with Crippen molar-refractivity contribution in [2.75, 3.05) is 12.3 Å². The van der Waals surface area contributed by atoms with E-state index in [0.29, 0.717) is 35.6 Å². The van der Waals surface area contributed by atoms with Crippen molar-refractivity contribution < 1.29 is 14.3 Å². The average Bonchev–Trinajstić information content (AvgIpc) is 3.45. The van der Waals surface area contributed by atoms with Gasteiger partial charge in [0.1, 0.15) is 34.9 Å². The zero-order valence-corrected chi connectivity index (χ0v) is 20.7. The maximum absolute atomic E-state index is 12.8. The fourth-order valence-electron chi connectivity index (χ4n) is 4.45. The van der Waals surface area contributed by atoms with Crippen LogP contribution < -0.4 is 10.5 Å². The van der Waals surface area contributed by atoms with Gasteiger partial charge in [-0.05, 0) is 70.0 Å². The highest BCUT2D eigenvalue weighted by atomic mass is 16.6. The Kier molecular flexibility index (Phi) is 6.22. The van der Waals surface area contributed by atoms with Gasteiger partial charge in [0.2, 0.25) is 0 Å². The van der Waals surface area contributed by atoms with E-state index in [2.05, 4.69) is 9.97 Å². The Labute approximate surface area is 209 Å². The van der Waals surface area contributed by atoms with E-state index in [0.717, 1.165) is 29.9 Å². The zero-order chi connectivity index (χ0) is 25.3. The van der Waals surface area contributed by atoms with Gasteiger partial charge in [-0.15, -0.1) is 0 Å². The van der Waals surface area contributed by atoms with E-state index in [4.69, 9.17) is 20.3 Å². The number of carbonyl (C=O) groups is 1. The van der Waals surface area contributed by atoms with Crippen molar-refractivity contribution in [2.45, 2.75) is 51.8 Å². The molecular formula is C27H30N6O3. The van der Waals surface area contributed by atoms with Crippen LogP contribution in [0.2, 0.25) is 0 Å². The highest BCUT2D eigenvalue weighted by molar-refractivity contribution is 5.98. The number of anilines is 1. The fraction of sp³-hybridized carbons (Fsp3) is 0.333. The Balaban J connectivity index is 1.43. The quantitative estimate of drug-likeness (QED) is 0.409. The van der Waals surface area contributed by atoms with Crippen LogP contribution >= 0.6 is 0 Å². The van der Waals surface area contributed by atoms with Gasteiger partial charge in [0.05, 0.1) is 18.0 Å². The van der Waals surface area contributed by atoms with Crippen molar-refractivity contribution in [3.63, 3.8) is 0 Å². The lowest BCUT2D eigenvalue weighted by Gasteiger charge is -2.28. The molecule has 1 aliphatic rings. The molecule has 36 heavy (non-hydrogen) atoms. The molecule has 0 spiro atoms. The van der Waals surface area contributed by atoms with Crippen LogP contribution in [0.5, 0.6) is 11.5 Å². The molecule has 3 heterocycles. The number of hydrogen-bond acceptors (Lipinski definition) is 7. The lowest BCUT2D eigenvalue weighted by molar-refractivity contribution is 0.0212. The van der Waals surface area contributed by atoms with Crippen LogP contribution in [0.3, 0.4) is 0 Å². The molecule has 1 aliphatic heterocycles. The third kappa shape index (κ3) is 4.95. The second kappa shape index (κ2) is 9.49. The van der Waals surface area contributed by atoms with Gasteiger partial charge < -0.3 is 20.1 Å². The zero-order valence-electron chi connectivity index (χ0n) is 20.7. The Morgan fingerprint density at radius 3 is 2.50 bits per heavy atom. The first-order valence-electron chi connectivity index (χ1n) is 12.1. The molecule has 186 valence electrons. The van der Waals surface area contributed by atoms with Crippen LogP contribution in [0.1, 0.15) is 33.6 Å². The number of para-hydroxylation sites is 1. The van der Waals surface area contributed by atoms with E-state index in [1.54, 1.807) is 4.90 Å². The standard InChI is InChI=1S/C27H30N6O3/c1-27(2,3)36-26(34)32-15-7-8-19(32)16-33-25-22(24(28)29-17-30-25)23(31-33)18-11-13-21(14-12-18)35-20-9-5-4-6-10-20/h4-6,9-14,17,19H,7-8,15-16H2,1-3H3,(H2,28,29,30)/t19-/m1/s1. The molecule has 0 saturated carbocycles. The van der Waals surface area contributed by atoms with E-state index >= 15 is 0 Å². The SMILES string of the molecule is CC(C)(C)OC(=O)N1CCC[C@@H]1Cn1nc(-c2ccc(Oc3ccccc3)cc2)c2c(N)ncnc21. The van der Waals surface area contributed by atoms with Gasteiger partial charge in [0.15, 0.2) is 5.65 Å². The van der Waals surface area contributed by atoms with Crippen molar-refractivity contribution in [3.05, 3.63) is 60.9 Å². The van der Waals surface area contributed by atoms with Crippen LogP contribution in [-0.2, 0) is 11.3 Å². The summed E-state index contributed by atoms with van der Waals surface area (Å²) in [6.07, 6.45) is 2.92. The summed E-state index contributed by atoms with van der Waals surface area (Å²) in [6.45, 7) is 6.77. The molecule has 0 aliphatic carbocycles. The van der Waals surface area contributed by atoms with E-state index in [1.165, 1.54) is 6.33 Å². The third-order valence-electron chi connectivity index (χ3n) is 6.05. The summed E-state index contributed by atoms with van der Waals surface area (Å²) in [7, 11) is 0. The predicted molar refractivity (Wildman–Crippen MR) is 138 cm³/mol. The smallest absolute Gasteiger partial charge is 0.410 e. The Hall–Kier alpha value is -4.14. The molecule has 1 amide bonds. The highest BCUT2D eigenvalue weighted by Crippen LogP contribution is 2.33. The monoisotopic (exact) mass is 486 g/mol. The van der Waals surface area contributed by atoms with Crippen molar-refractivity contribution in [3.8, 4) is 22.8 Å². The first-order valence-corrected chi connectivity index (χ1v) is 12.1. The molecule has 1 atom stereocenters. The molecule has 1 fully saturated rings. The van der Waals surface area contributed by atoms with Crippen LogP contribution in [0.15, 0.2) is 60.9 Å². The predicted octanol–water partition coefficient (Wildman–Crippen LogP) is 5.27. The highest BCUT2D eigenvalue weighted by Gasteiger charge is 2.33. The first-order chi connectivity index (χ1) is 17.3.